The van der Waals surface area contributed by atoms with Crippen LogP contribution in [0.15, 0.2) is 36.5 Å². The van der Waals surface area contributed by atoms with Gasteiger partial charge in [0.25, 0.3) is 5.91 Å². The van der Waals surface area contributed by atoms with Crippen LogP contribution >= 0.6 is 0 Å². The van der Waals surface area contributed by atoms with Crippen molar-refractivity contribution in [2.24, 2.45) is 5.92 Å². The van der Waals surface area contributed by atoms with Crippen molar-refractivity contribution < 1.29 is 14.3 Å². The second kappa shape index (κ2) is 7.15. The number of carbonyl (C=O) groups is 2. The molecule has 0 bridgehead atoms. The molecule has 2 unspecified atom stereocenters. The first-order valence-electron chi connectivity index (χ1n) is 9.36. The molecule has 1 aromatic heterocycles. The van der Waals surface area contributed by atoms with Crippen LogP contribution in [0.4, 0.5) is 0 Å². The molecule has 2 aliphatic rings. The minimum Gasteiger partial charge on any atom is -0.378 e. The van der Waals surface area contributed by atoms with Crippen molar-refractivity contribution in [3.05, 3.63) is 47.8 Å². The zero-order valence-electron chi connectivity index (χ0n) is 15.6. The second-order valence-corrected chi connectivity index (χ2v) is 7.29. The van der Waals surface area contributed by atoms with Crippen molar-refractivity contribution in [1.29, 1.82) is 0 Å². The van der Waals surface area contributed by atoms with Crippen molar-refractivity contribution in [3.8, 4) is 5.69 Å². The zero-order chi connectivity index (χ0) is 19.0. The predicted molar refractivity (Wildman–Crippen MR) is 99.7 cm³/mol. The third-order valence-corrected chi connectivity index (χ3v) is 5.39. The van der Waals surface area contributed by atoms with Crippen LogP contribution in [0.25, 0.3) is 5.69 Å². The number of amides is 2. The SMILES string of the molecule is Cc1nn(-c2ccccc2)cc1C(=O)NC1CN(C(=O)C2CCOC2C)C1. The molecule has 7 heteroatoms. The number of carbonyl (C=O) groups excluding carboxylic acids is 2. The number of para-hydroxylation sites is 1. The van der Waals surface area contributed by atoms with E-state index in [1.165, 1.54) is 0 Å². The fourth-order valence-electron chi connectivity index (χ4n) is 3.70. The summed E-state index contributed by atoms with van der Waals surface area (Å²) < 4.78 is 7.19. The Labute approximate surface area is 158 Å². The number of likely N-dealkylation sites (tertiary alicyclic amines) is 1. The largest absolute Gasteiger partial charge is 0.378 e. The Morgan fingerprint density at radius 1 is 1.22 bits per heavy atom. The average Bonchev–Trinajstić information content (AvgIpc) is 3.23. The molecule has 0 aliphatic carbocycles. The van der Waals surface area contributed by atoms with Crippen LogP contribution in [0, 0.1) is 12.8 Å². The molecule has 4 rings (SSSR count). The van der Waals surface area contributed by atoms with Gasteiger partial charge in [-0.05, 0) is 32.4 Å². The van der Waals surface area contributed by atoms with Gasteiger partial charge in [0.2, 0.25) is 5.91 Å². The van der Waals surface area contributed by atoms with Crippen LogP contribution in [0.3, 0.4) is 0 Å². The number of nitrogens with zero attached hydrogens (tertiary/aromatic N) is 3. The molecular weight excluding hydrogens is 344 g/mol. The summed E-state index contributed by atoms with van der Waals surface area (Å²) in [5, 5.41) is 7.44. The molecule has 2 aromatic rings. The van der Waals surface area contributed by atoms with Gasteiger partial charge in [0.05, 0.1) is 35.0 Å². The van der Waals surface area contributed by atoms with Gasteiger partial charge in [-0.25, -0.2) is 4.68 Å². The molecule has 7 nitrogen and oxygen atoms in total. The third kappa shape index (κ3) is 3.47. The van der Waals surface area contributed by atoms with Crippen LogP contribution in [0.2, 0.25) is 0 Å². The van der Waals surface area contributed by atoms with Gasteiger partial charge in [0.15, 0.2) is 0 Å². The monoisotopic (exact) mass is 368 g/mol. The Kier molecular flexibility index (Phi) is 4.70. The maximum atomic E-state index is 12.6. The minimum absolute atomic E-state index is 0.0152. The van der Waals surface area contributed by atoms with Gasteiger partial charge >= 0.3 is 0 Å². The summed E-state index contributed by atoms with van der Waals surface area (Å²) in [5.74, 6) is -0.0593. The molecular formula is C20H24N4O3. The van der Waals surface area contributed by atoms with E-state index in [0.717, 1.165) is 12.1 Å². The number of benzene rings is 1. The molecule has 2 saturated heterocycles. The molecule has 0 spiro atoms. The van der Waals surface area contributed by atoms with Crippen LogP contribution < -0.4 is 5.32 Å². The van der Waals surface area contributed by atoms with Crippen LogP contribution in [0.5, 0.6) is 0 Å². The van der Waals surface area contributed by atoms with E-state index in [9.17, 15) is 9.59 Å². The first kappa shape index (κ1) is 17.7. The highest BCUT2D eigenvalue weighted by atomic mass is 16.5. The summed E-state index contributed by atoms with van der Waals surface area (Å²) in [6, 6.07) is 9.67. The van der Waals surface area contributed by atoms with Crippen LogP contribution in [-0.2, 0) is 9.53 Å². The summed E-state index contributed by atoms with van der Waals surface area (Å²) >= 11 is 0. The molecule has 1 aromatic carbocycles. The van der Waals surface area contributed by atoms with Crippen molar-refractivity contribution >= 4 is 11.8 Å². The number of nitrogens with one attached hydrogen (secondary N) is 1. The van der Waals surface area contributed by atoms with Gasteiger partial charge in [-0.2, -0.15) is 5.10 Å². The van der Waals surface area contributed by atoms with E-state index in [1.807, 2.05) is 44.2 Å². The van der Waals surface area contributed by atoms with Crippen molar-refractivity contribution in [1.82, 2.24) is 20.0 Å². The molecule has 2 fully saturated rings. The molecule has 0 radical (unpaired) electrons. The molecule has 142 valence electrons. The Hall–Kier alpha value is -2.67. The lowest BCUT2D eigenvalue weighted by molar-refractivity contribution is -0.141. The van der Waals surface area contributed by atoms with E-state index in [1.54, 1.807) is 15.8 Å². The molecule has 2 amide bonds. The highest BCUT2D eigenvalue weighted by molar-refractivity contribution is 5.95. The minimum atomic E-state index is -0.149. The maximum Gasteiger partial charge on any atom is 0.255 e. The smallest absolute Gasteiger partial charge is 0.255 e. The fraction of sp³-hybridized carbons (Fsp3) is 0.450. The standard InChI is InChI=1S/C20H24N4O3/c1-13-18(12-24(22-13)16-6-4-3-5-7-16)19(25)21-15-10-23(11-15)20(26)17-8-9-27-14(17)2/h3-7,12,14-15,17H,8-11H2,1-2H3,(H,21,25). The first-order chi connectivity index (χ1) is 13.0. The predicted octanol–water partition coefficient (Wildman–Crippen LogP) is 1.55. The lowest BCUT2D eigenvalue weighted by Gasteiger charge is -2.41. The van der Waals surface area contributed by atoms with Gasteiger partial charge in [-0.1, -0.05) is 18.2 Å². The van der Waals surface area contributed by atoms with Crippen LogP contribution in [-0.4, -0.2) is 58.3 Å². The van der Waals surface area contributed by atoms with Gasteiger partial charge in [-0.3, -0.25) is 9.59 Å². The molecule has 2 aliphatic heterocycles. The zero-order valence-corrected chi connectivity index (χ0v) is 15.6. The van der Waals surface area contributed by atoms with Crippen molar-refractivity contribution in [2.45, 2.75) is 32.4 Å². The highest BCUT2D eigenvalue weighted by Crippen LogP contribution is 2.25. The number of hydrogen-bond acceptors (Lipinski definition) is 4. The van der Waals surface area contributed by atoms with Crippen molar-refractivity contribution in [2.75, 3.05) is 19.7 Å². The highest BCUT2D eigenvalue weighted by Gasteiger charge is 2.39. The van der Waals surface area contributed by atoms with E-state index < -0.39 is 0 Å². The fourth-order valence-corrected chi connectivity index (χ4v) is 3.70. The summed E-state index contributed by atoms with van der Waals surface area (Å²) in [4.78, 5) is 26.9. The van der Waals surface area contributed by atoms with Gasteiger partial charge < -0.3 is 15.0 Å². The molecule has 3 heterocycles. The summed E-state index contributed by atoms with van der Waals surface area (Å²) in [6.45, 7) is 5.53. The topological polar surface area (TPSA) is 76.5 Å². The number of aromatic nitrogens is 2. The normalized spacial score (nSPS) is 22.5. The summed E-state index contributed by atoms with van der Waals surface area (Å²) in [7, 11) is 0. The van der Waals surface area contributed by atoms with E-state index >= 15 is 0 Å². The molecule has 27 heavy (non-hydrogen) atoms. The van der Waals surface area contributed by atoms with Gasteiger partial charge in [0.1, 0.15) is 0 Å². The van der Waals surface area contributed by atoms with Crippen molar-refractivity contribution in [3.63, 3.8) is 0 Å². The van der Waals surface area contributed by atoms with Gasteiger partial charge in [-0.15, -0.1) is 0 Å². The first-order valence-corrected chi connectivity index (χ1v) is 9.36. The average molecular weight is 368 g/mol. The lowest BCUT2D eigenvalue weighted by atomic mass is 9.97. The Balaban J connectivity index is 1.34. The van der Waals surface area contributed by atoms with E-state index in [-0.39, 0.29) is 29.9 Å². The second-order valence-electron chi connectivity index (χ2n) is 7.29. The maximum absolute atomic E-state index is 12.6. The van der Waals surface area contributed by atoms with E-state index in [4.69, 9.17) is 4.74 Å². The number of aryl methyl sites for hydroxylation is 1. The molecule has 0 saturated carbocycles. The third-order valence-electron chi connectivity index (χ3n) is 5.39. The number of rotatable bonds is 4. The quantitative estimate of drug-likeness (QED) is 0.888. The molecule has 1 N–H and O–H groups in total. The van der Waals surface area contributed by atoms with Gasteiger partial charge in [0, 0.05) is 25.9 Å². The number of hydrogen-bond donors (Lipinski definition) is 1. The number of ether oxygens (including phenoxy) is 1. The van der Waals surface area contributed by atoms with Crippen LogP contribution in [0.1, 0.15) is 29.4 Å². The Morgan fingerprint density at radius 2 is 1.96 bits per heavy atom. The van der Waals surface area contributed by atoms with E-state index in [2.05, 4.69) is 10.4 Å². The Morgan fingerprint density at radius 3 is 2.63 bits per heavy atom. The summed E-state index contributed by atoms with van der Waals surface area (Å²) in [5.41, 5.74) is 2.15. The lowest BCUT2D eigenvalue weighted by Crippen LogP contribution is -2.62. The molecule has 2 atom stereocenters. The van der Waals surface area contributed by atoms with E-state index in [0.29, 0.717) is 31.0 Å². The summed E-state index contributed by atoms with van der Waals surface area (Å²) in [6.07, 6.45) is 2.52. The Bertz CT molecular complexity index is 842.